The Bertz CT molecular complexity index is 1300. The van der Waals surface area contributed by atoms with Crippen molar-refractivity contribution in [1.29, 1.82) is 0 Å². The van der Waals surface area contributed by atoms with Crippen molar-refractivity contribution in [2.45, 2.75) is 24.3 Å². The molecule has 3 aliphatic rings. The predicted octanol–water partition coefficient (Wildman–Crippen LogP) is -0.744. The number of ether oxygens (including phenoxy) is 1. The number of primary amides is 1. The molecule has 0 aliphatic heterocycles. The summed E-state index contributed by atoms with van der Waals surface area (Å²) < 4.78 is 4.92. The standard InChI is InChI=1S/C25H29N3O9/c1-9-11-6-5-10(7-27-8-37-4)18(29)13(11)19(30)14-12(9)20(31)16-17(28(2)3)21(32)15(24(26)35)23(34)25(16,36)22(14)33/h5-6,12,16-17,20,27,29,31-33,36H,1,7-8H2,2-4H3,(H2,26,35)/t12-,16-,17+,20+,25+/m1/s1. The van der Waals surface area contributed by atoms with Crippen molar-refractivity contribution in [2.75, 3.05) is 27.9 Å². The molecule has 0 aromatic heterocycles. The van der Waals surface area contributed by atoms with Crippen molar-refractivity contribution in [3.63, 3.8) is 0 Å². The fourth-order valence-corrected chi connectivity index (χ4v) is 5.73. The topological polar surface area (TPSA) is 203 Å². The first-order chi connectivity index (χ1) is 17.3. The van der Waals surface area contributed by atoms with Gasteiger partial charge in [0.2, 0.25) is 5.78 Å². The third-order valence-electron chi connectivity index (χ3n) is 7.39. The number of aliphatic hydroxyl groups is 4. The van der Waals surface area contributed by atoms with E-state index in [9.17, 15) is 39.9 Å². The lowest BCUT2D eigenvalue weighted by molar-refractivity contribution is -0.159. The van der Waals surface area contributed by atoms with E-state index in [1.54, 1.807) is 12.1 Å². The molecule has 0 bridgehead atoms. The van der Waals surface area contributed by atoms with E-state index >= 15 is 0 Å². The second-order valence-electron chi connectivity index (χ2n) is 9.59. The van der Waals surface area contributed by atoms with Gasteiger partial charge in [-0.2, -0.15) is 0 Å². The molecular formula is C25H29N3O9. The van der Waals surface area contributed by atoms with Gasteiger partial charge in [0.25, 0.3) is 5.91 Å². The lowest BCUT2D eigenvalue weighted by Crippen LogP contribution is -2.68. The number of aliphatic hydroxyl groups excluding tert-OH is 3. The number of phenols is 1. The first kappa shape index (κ1) is 26.5. The van der Waals surface area contributed by atoms with Crippen LogP contribution < -0.4 is 11.1 Å². The van der Waals surface area contributed by atoms with Crippen molar-refractivity contribution in [2.24, 2.45) is 17.6 Å². The lowest BCUT2D eigenvalue weighted by atomic mass is 9.56. The molecule has 12 heteroatoms. The summed E-state index contributed by atoms with van der Waals surface area (Å²) in [6.45, 7) is 4.28. The largest absolute Gasteiger partial charge is 0.510 e. The molecule has 0 unspecified atom stereocenters. The van der Waals surface area contributed by atoms with Gasteiger partial charge in [-0.1, -0.05) is 18.7 Å². The third kappa shape index (κ3) is 3.52. The minimum absolute atomic E-state index is 0.130. The summed E-state index contributed by atoms with van der Waals surface area (Å²) in [6, 6.07) is 1.77. The fourth-order valence-electron chi connectivity index (χ4n) is 5.73. The summed E-state index contributed by atoms with van der Waals surface area (Å²) >= 11 is 0. The van der Waals surface area contributed by atoms with E-state index in [0.717, 1.165) is 0 Å². The highest BCUT2D eigenvalue weighted by Gasteiger charge is 2.67. The number of carbonyl (C=O) groups is 3. The van der Waals surface area contributed by atoms with Gasteiger partial charge in [-0.05, 0) is 25.2 Å². The van der Waals surface area contributed by atoms with Gasteiger partial charge < -0.3 is 36.0 Å². The van der Waals surface area contributed by atoms with Crippen molar-refractivity contribution in [3.8, 4) is 5.75 Å². The maximum absolute atomic E-state index is 13.7. The number of nitrogens with one attached hydrogen (secondary N) is 1. The van der Waals surface area contributed by atoms with Crippen molar-refractivity contribution in [3.05, 3.63) is 58.1 Å². The molecular weight excluding hydrogens is 486 g/mol. The van der Waals surface area contributed by atoms with Crippen LogP contribution in [-0.4, -0.2) is 93.6 Å². The highest BCUT2D eigenvalue weighted by molar-refractivity contribution is 6.25. The normalized spacial score (nSPS) is 29.4. The van der Waals surface area contributed by atoms with Crippen LogP contribution in [0.1, 0.15) is 21.5 Å². The number of rotatable bonds is 6. The first-order valence-corrected chi connectivity index (χ1v) is 11.4. The van der Waals surface area contributed by atoms with Crippen LogP contribution in [0.5, 0.6) is 5.75 Å². The first-order valence-electron chi connectivity index (χ1n) is 11.4. The van der Waals surface area contributed by atoms with E-state index in [4.69, 9.17) is 10.5 Å². The Balaban J connectivity index is 1.97. The van der Waals surface area contributed by atoms with E-state index in [2.05, 4.69) is 11.9 Å². The molecule has 3 aliphatic carbocycles. The zero-order chi connectivity index (χ0) is 27.6. The van der Waals surface area contributed by atoms with E-state index in [1.165, 1.54) is 26.1 Å². The number of benzene rings is 1. The van der Waals surface area contributed by atoms with E-state index in [1.807, 2.05) is 0 Å². The molecule has 8 N–H and O–H groups in total. The highest BCUT2D eigenvalue weighted by Crippen LogP contribution is 2.55. The monoisotopic (exact) mass is 515 g/mol. The van der Waals surface area contributed by atoms with Crippen LogP contribution in [0.4, 0.5) is 0 Å². The summed E-state index contributed by atoms with van der Waals surface area (Å²) in [6.07, 6.45) is -1.72. The van der Waals surface area contributed by atoms with Crippen molar-refractivity contribution >= 4 is 23.0 Å². The van der Waals surface area contributed by atoms with Gasteiger partial charge in [0, 0.05) is 25.1 Å². The van der Waals surface area contributed by atoms with Crippen LogP contribution >= 0.6 is 0 Å². The molecule has 198 valence electrons. The average Bonchev–Trinajstić information content (AvgIpc) is 2.82. The Kier molecular flexibility index (Phi) is 6.51. The predicted molar refractivity (Wildman–Crippen MR) is 129 cm³/mol. The molecule has 4 rings (SSSR count). The number of nitrogens with two attached hydrogens (primary N) is 1. The minimum atomic E-state index is -2.97. The fraction of sp³-hybridized carbons (Fsp3) is 0.400. The molecule has 12 nitrogen and oxygen atoms in total. The van der Waals surface area contributed by atoms with E-state index in [-0.39, 0.29) is 30.0 Å². The Labute approximate surface area is 211 Å². The Morgan fingerprint density at radius 2 is 1.89 bits per heavy atom. The number of nitrogens with zero attached hydrogens (tertiary/aromatic N) is 1. The minimum Gasteiger partial charge on any atom is -0.510 e. The molecule has 0 radical (unpaired) electrons. The van der Waals surface area contributed by atoms with E-state index < -0.39 is 75.5 Å². The number of hydrogen-bond acceptors (Lipinski definition) is 11. The van der Waals surface area contributed by atoms with Gasteiger partial charge >= 0.3 is 0 Å². The number of aromatic hydroxyl groups is 1. The average molecular weight is 516 g/mol. The maximum atomic E-state index is 13.7. The molecule has 37 heavy (non-hydrogen) atoms. The molecule has 0 spiro atoms. The zero-order valence-corrected chi connectivity index (χ0v) is 20.5. The van der Waals surface area contributed by atoms with Gasteiger partial charge in [0.05, 0.1) is 35.9 Å². The van der Waals surface area contributed by atoms with Crippen LogP contribution in [0.15, 0.2) is 41.4 Å². The second-order valence-corrected chi connectivity index (χ2v) is 9.59. The van der Waals surface area contributed by atoms with Crippen LogP contribution in [0, 0.1) is 11.8 Å². The van der Waals surface area contributed by atoms with Crippen LogP contribution in [-0.2, 0) is 20.9 Å². The number of ketones is 2. The third-order valence-corrected chi connectivity index (χ3v) is 7.39. The van der Waals surface area contributed by atoms with Crippen molar-refractivity contribution < 1.29 is 44.7 Å². The van der Waals surface area contributed by atoms with Gasteiger partial charge in [-0.25, -0.2) is 0 Å². The van der Waals surface area contributed by atoms with Gasteiger partial charge in [0.15, 0.2) is 11.4 Å². The molecule has 0 fully saturated rings. The van der Waals surface area contributed by atoms with Gasteiger partial charge in [-0.15, -0.1) is 0 Å². The van der Waals surface area contributed by atoms with Gasteiger partial charge in [-0.3, -0.25) is 24.6 Å². The molecule has 1 amide bonds. The molecule has 5 atom stereocenters. The molecule has 1 aromatic rings. The number of phenolic OH excluding ortho intramolecular Hbond substituents is 1. The van der Waals surface area contributed by atoms with Crippen LogP contribution in [0.2, 0.25) is 0 Å². The molecule has 0 heterocycles. The summed E-state index contributed by atoms with van der Waals surface area (Å²) in [5, 5.41) is 59.1. The molecule has 0 saturated carbocycles. The Hall–Kier alpha value is -3.55. The SMILES string of the molecule is C=C1c2ccc(CNCOC)c(O)c2C(=O)C2=C(O)[C@]3(O)C(=O)C(C(N)=O)=C(O)[C@@H](N(C)C)[C@@H]3[C@@H](O)[C@H]12. The Morgan fingerprint density at radius 3 is 2.46 bits per heavy atom. The molecule has 0 saturated heterocycles. The van der Waals surface area contributed by atoms with E-state index in [0.29, 0.717) is 5.56 Å². The quantitative estimate of drug-likeness (QED) is 0.143. The number of carbonyl (C=O) groups excluding carboxylic acids is 3. The number of hydrogen-bond donors (Lipinski definition) is 7. The summed E-state index contributed by atoms with van der Waals surface area (Å²) in [5.41, 5.74) is 1.29. The number of methoxy groups -OCH3 is 1. The highest BCUT2D eigenvalue weighted by atomic mass is 16.5. The Morgan fingerprint density at radius 1 is 1.24 bits per heavy atom. The number of fused-ring (bicyclic) bond motifs is 3. The van der Waals surface area contributed by atoms with Crippen LogP contribution in [0.3, 0.4) is 0 Å². The summed E-state index contributed by atoms with van der Waals surface area (Å²) in [5.74, 6) is -8.92. The number of Topliss-reactive ketones (excluding diaryl/α,β-unsaturated/α-hetero) is 2. The number of amides is 1. The van der Waals surface area contributed by atoms with Crippen molar-refractivity contribution in [1.82, 2.24) is 10.2 Å². The lowest BCUT2D eigenvalue weighted by Gasteiger charge is -2.52. The van der Waals surface area contributed by atoms with Gasteiger partial charge in [0.1, 0.15) is 22.8 Å². The zero-order valence-electron chi connectivity index (χ0n) is 20.5. The second kappa shape index (κ2) is 9.08. The summed E-state index contributed by atoms with van der Waals surface area (Å²) in [4.78, 5) is 40.5. The number of likely N-dealkylation sites (N-methyl/N-ethyl adjacent to an activating group) is 1. The summed E-state index contributed by atoms with van der Waals surface area (Å²) in [7, 11) is 4.40. The maximum Gasteiger partial charge on any atom is 0.255 e. The molecule has 1 aromatic carbocycles. The van der Waals surface area contributed by atoms with Crippen LogP contribution in [0.25, 0.3) is 5.57 Å². The smallest absolute Gasteiger partial charge is 0.255 e.